The summed E-state index contributed by atoms with van der Waals surface area (Å²) in [6, 6.07) is 1.93. The molecule has 0 rings (SSSR count). The van der Waals surface area contributed by atoms with Crippen molar-refractivity contribution in [2.75, 3.05) is 13.2 Å². The maximum absolute atomic E-state index is 10.5. The molecule has 0 amide bonds. The molecular formula is C7H16NO4P. The van der Waals surface area contributed by atoms with Gasteiger partial charge in [-0.05, 0) is 13.8 Å². The molecule has 0 unspecified atom stereocenters. The highest BCUT2D eigenvalue weighted by Gasteiger charge is 2.17. The van der Waals surface area contributed by atoms with E-state index in [-0.39, 0.29) is 13.2 Å². The van der Waals surface area contributed by atoms with Gasteiger partial charge in [0.15, 0.2) is 0 Å². The fraction of sp³-hybridized carbons (Fsp3) is 0.857. The van der Waals surface area contributed by atoms with Crippen LogP contribution in [0.4, 0.5) is 0 Å². The molecule has 0 aromatic rings. The molecule has 0 radical (unpaired) electrons. The molecule has 0 aliphatic rings. The van der Waals surface area contributed by atoms with Crippen LogP contribution in [0.1, 0.15) is 27.2 Å². The minimum Gasteiger partial charge on any atom is -0.302 e. The first-order valence-electron chi connectivity index (χ1n) is 4.02. The van der Waals surface area contributed by atoms with E-state index >= 15 is 0 Å². The number of hydrogen-bond acceptors (Lipinski definition) is 4. The summed E-state index contributed by atoms with van der Waals surface area (Å²) in [6.45, 7) is 5.45. The fourth-order valence-corrected chi connectivity index (χ4v) is 1.09. The largest absolute Gasteiger partial charge is 0.472 e. The fourth-order valence-electron chi connectivity index (χ4n) is 0.364. The van der Waals surface area contributed by atoms with Gasteiger partial charge < -0.3 is 4.89 Å². The van der Waals surface area contributed by atoms with Crippen LogP contribution in [0, 0.1) is 11.3 Å². The van der Waals surface area contributed by atoms with Gasteiger partial charge in [0.05, 0.1) is 19.3 Å². The smallest absolute Gasteiger partial charge is 0.302 e. The zero-order valence-electron chi connectivity index (χ0n) is 8.19. The van der Waals surface area contributed by atoms with Crippen LogP contribution in [0.3, 0.4) is 0 Å². The normalized spacial score (nSPS) is 9.77. The number of hydrogen-bond donors (Lipinski definition) is 1. The van der Waals surface area contributed by atoms with Crippen molar-refractivity contribution in [3.8, 4) is 6.07 Å². The summed E-state index contributed by atoms with van der Waals surface area (Å²) >= 11 is 0. The second-order valence-corrected chi connectivity index (χ2v) is 3.27. The molecule has 0 saturated heterocycles. The van der Waals surface area contributed by atoms with Crippen LogP contribution in [0.25, 0.3) is 0 Å². The minimum atomic E-state index is -3.69. The van der Waals surface area contributed by atoms with Crippen molar-refractivity contribution in [1.82, 2.24) is 0 Å². The van der Waals surface area contributed by atoms with Gasteiger partial charge in [-0.15, -0.1) is 0 Å². The lowest BCUT2D eigenvalue weighted by Gasteiger charge is -2.07. The Morgan fingerprint density at radius 1 is 1.31 bits per heavy atom. The minimum absolute atomic E-state index is 0.188. The third kappa shape index (κ3) is 14.5. The summed E-state index contributed by atoms with van der Waals surface area (Å²) in [5, 5.41) is 7.62. The first kappa shape index (κ1) is 15.1. The summed E-state index contributed by atoms with van der Waals surface area (Å²) in [6.07, 6.45) is 0.625. The Kier molecular flexibility index (Phi) is 11.2. The number of phosphoric ester groups is 1. The quantitative estimate of drug-likeness (QED) is 0.717. The van der Waals surface area contributed by atoms with Crippen molar-refractivity contribution in [2.24, 2.45) is 0 Å². The zero-order valence-corrected chi connectivity index (χ0v) is 9.08. The summed E-state index contributed by atoms with van der Waals surface area (Å²) in [5.41, 5.74) is 0. The summed E-state index contributed by atoms with van der Waals surface area (Å²) in [4.78, 5) is 8.63. The van der Waals surface area contributed by atoms with E-state index in [1.807, 2.05) is 13.0 Å². The Labute approximate surface area is 78.9 Å². The van der Waals surface area contributed by atoms with Crippen LogP contribution in [-0.4, -0.2) is 18.1 Å². The lowest BCUT2D eigenvalue weighted by Crippen LogP contribution is -1.93. The van der Waals surface area contributed by atoms with Gasteiger partial charge in [0.1, 0.15) is 0 Å². The summed E-state index contributed by atoms with van der Waals surface area (Å²) in [7, 11) is -3.69. The predicted octanol–water partition coefficient (Wildman–Crippen LogP) is 2.08. The molecule has 0 aliphatic carbocycles. The van der Waals surface area contributed by atoms with E-state index in [4.69, 9.17) is 10.2 Å². The van der Waals surface area contributed by atoms with Crippen LogP contribution >= 0.6 is 7.82 Å². The van der Waals surface area contributed by atoms with Crippen molar-refractivity contribution in [3.63, 3.8) is 0 Å². The van der Waals surface area contributed by atoms with Crippen molar-refractivity contribution in [2.45, 2.75) is 27.2 Å². The first-order chi connectivity index (χ1) is 6.04. The molecule has 78 valence electrons. The summed E-state index contributed by atoms with van der Waals surface area (Å²) in [5.74, 6) is 0. The highest BCUT2D eigenvalue weighted by molar-refractivity contribution is 7.47. The molecule has 0 aromatic heterocycles. The molecule has 0 saturated carbocycles. The molecule has 0 aliphatic heterocycles. The molecule has 0 spiro atoms. The Bertz CT molecular complexity index is 179. The zero-order chi connectivity index (χ0) is 10.7. The maximum Gasteiger partial charge on any atom is 0.472 e. The van der Waals surface area contributed by atoms with Gasteiger partial charge in [0.2, 0.25) is 0 Å². The van der Waals surface area contributed by atoms with E-state index in [2.05, 4.69) is 9.05 Å². The van der Waals surface area contributed by atoms with E-state index in [0.29, 0.717) is 6.42 Å². The molecule has 0 bridgehead atoms. The summed E-state index contributed by atoms with van der Waals surface area (Å²) < 4.78 is 19.2. The average molecular weight is 209 g/mol. The van der Waals surface area contributed by atoms with Gasteiger partial charge >= 0.3 is 7.82 Å². The van der Waals surface area contributed by atoms with Crippen molar-refractivity contribution < 1.29 is 18.5 Å². The van der Waals surface area contributed by atoms with Gasteiger partial charge in [-0.25, -0.2) is 4.57 Å². The van der Waals surface area contributed by atoms with Crippen LogP contribution < -0.4 is 0 Å². The molecule has 0 fully saturated rings. The molecule has 13 heavy (non-hydrogen) atoms. The highest BCUT2D eigenvalue weighted by Crippen LogP contribution is 2.42. The first-order valence-corrected chi connectivity index (χ1v) is 5.52. The Morgan fingerprint density at radius 2 is 1.62 bits per heavy atom. The van der Waals surface area contributed by atoms with Gasteiger partial charge in [0, 0.05) is 6.42 Å². The molecule has 1 N–H and O–H groups in total. The van der Waals surface area contributed by atoms with Crippen molar-refractivity contribution in [1.29, 1.82) is 5.26 Å². The predicted molar refractivity (Wildman–Crippen MR) is 49.0 cm³/mol. The van der Waals surface area contributed by atoms with Gasteiger partial charge in [-0.2, -0.15) is 5.26 Å². The maximum atomic E-state index is 10.5. The number of rotatable bonds is 4. The molecule has 5 nitrogen and oxygen atoms in total. The lowest BCUT2D eigenvalue weighted by atomic mass is 10.6. The van der Waals surface area contributed by atoms with E-state index in [1.165, 1.54) is 0 Å². The van der Waals surface area contributed by atoms with Crippen molar-refractivity contribution >= 4 is 7.82 Å². The standard InChI is InChI=1S/C4H11O4P.C3H5N/c1-3-7-9(5,6)8-4-2;1-2-3-4/h3-4H2,1-2H3,(H,5,6);2H2,1H3. The van der Waals surface area contributed by atoms with Crippen LogP contribution in [0.2, 0.25) is 0 Å². The third-order valence-corrected chi connectivity index (χ3v) is 1.91. The molecule has 0 heterocycles. The second kappa shape index (κ2) is 9.69. The monoisotopic (exact) mass is 209 g/mol. The van der Waals surface area contributed by atoms with Crippen LogP contribution in [0.5, 0.6) is 0 Å². The van der Waals surface area contributed by atoms with Gasteiger partial charge in [-0.1, -0.05) is 6.92 Å². The second-order valence-electron chi connectivity index (χ2n) is 1.82. The topological polar surface area (TPSA) is 79.5 Å². The molecule has 0 atom stereocenters. The SMILES string of the molecule is CCC#N.CCOP(=O)(O)OCC. The van der Waals surface area contributed by atoms with E-state index in [1.54, 1.807) is 13.8 Å². The Balaban J connectivity index is 0. The van der Waals surface area contributed by atoms with Crippen LogP contribution in [0.15, 0.2) is 0 Å². The Morgan fingerprint density at radius 3 is 1.77 bits per heavy atom. The number of nitriles is 1. The highest BCUT2D eigenvalue weighted by atomic mass is 31.2. The van der Waals surface area contributed by atoms with Crippen LogP contribution in [-0.2, 0) is 13.6 Å². The van der Waals surface area contributed by atoms with Crippen molar-refractivity contribution in [3.05, 3.63) is 0 Å². The third-order valence-electron chi connectivity index (χ3n) is 0.743. The van der Waals surface area contributed by atoms with E-state index in [0.717, 1.165) is 0 Å². The molecule has 6 heteroatoms. The number of nitrogens with zero attached hydrogens (tertiary/aromatic N) is 1. The Hall–Kier alpha value is -0.400. The van der Waals surface area contributed by atoms with Gasteiger partial charge in [-0.3, -0.25) is 9.05 Å². The molecule has 0 aromatic carbocycles. The average Bonchev–Trinajstić information content (AvgIpc) is 2.04. The van der Waals surface area contributed by atoms with Gasteiger partial charge in [0.25, 0.3) is 0 Å². The lowest BCUT2D eigenvalue weighted by molar-refractivity contribution is 0.161. The number of phosphoric acid groups is 1. The molecular weight excluding hydrogens is 193 g/mol. The van der Waals surface area contributed by atoms with E-state index in [9.17, 15) is 4.57 Å². The van der Waals surface area contributed by atoms with E-state index < -0.39 is 7.82 Å².